The van der Waals surface area contributed by atoms with Gasteiger partial charge < -0.3 is 4.42 Å². The summed E-state index contributed by atoms with van der Waals surface area (Å²) in [5.74, 6) is 1.10. The molecule has 5 aromatic carbocycles. The third kappa shape index (κ3) is 5.03. The van der Waals surface area contributed by atoms with Crippen molar-refractivity contribution in [1.82, 2.24) is 9.55 Å². The van der Waals surface area contributed by atoms with E-state index in [1.165, 1.54) is 49.8 Å². The largest absolute Gasteiger partial charge is 0.455 e. The van der Waals surface area contributed by atoms with Crippen molar-refractivity contribution < 1.29 is 13.6 Å². The van der Waals surface area contributed by atoms with Gasteiger partial charge in [0.15, 0.2) is 22.8 Å². The predicted molar refractivity (Wildman–Crippen MR) is 253 cm³/mol. The molecule has 0 amide bonds. The zero-order valence-electron chi connectivity index (χ0n) is 37.3. The molecule has 1 atom stereocenters. The minimum Gasteiger partial charge on any atom is -0.455 e. The van der Waals surface area contributed by atoms with Crippen molar-refractivity contribution in [2.45, 2.75) is 86.1 Å². The summed E-state index contributed by atoms with van der Waals surface area (Å²) in [5, 5.41) is 3.76. The predicted octanol–water partition coefficient (Wildman–Crippen LogP) is 12.2. The maximum Gasteiger partial charge on any atom is 0.364 e. The highest BCUT2D eigenvalue weighted by molar-refractivity contribution is 6.89. The van der Waals surface area contributed by atoms with Gasteiger partial charge in [0, 0.05) is 45.5 Å². The Morgan fingerprint density at radius 2 is 1.38 bits per heavy atom. The lowest BCUT2D eigenvalue weighted by Crippen LogP contribution is -2.72. The second kappa shape index (κ2) is 12.5. The second-order valence-corrected chi connectivity index (χ2v) is 25.3. The summed E-state index contributed by atoms with van der Waals surface area (Å²) >= 11 is 0. The maximum absolute atomic E-state index is 7.29. The Kier molecular flexibility index (Phi) is 7.75. The van der Waals surface area contributed by atoms with E-state index >= 15 is 0 Å². The van der Waals surface area contributed by atoms with Gasteiger partial charge in [0.2, 0.25) is 5.69 Å². The van der Waals surface area contributed by atoms with Crippen molar-refractivity contribution in [3.05, 3.63) is 161 Å². The molecule has 2 aliphatic heterocycles. The third-order valence-corrected chi connectivity index (χ3v) is 16.4. The van der Waals surface area contributed by atoms with E-state index in [0.29, 0.717) is 0 Å². The molecule has 5 nitrogen and oxygen atoms in total. The highest BCUT2D eigenvalue weighted by Crippen LogP contribution is 2.55. The van der Waals surface area contributed by atoms with E-state index in [4.69, 9.17) is 9.40 Å². The summed E-state index contributed by atoms with van der Waals surface area (Å²) in [4.78, 5) is 4.86. The first-order chi connectivity index (χ1) is 29.0. The van der Waals surface area contributed by atoms with E-state index in [0.717, 1.165) is 61.4 Å². The quantitative estimate of drug-likeness (QED) is 0.131. The summed E-state index contributed by atoms with van der Waals surface area (Å²) < 4.78 is 15.1. The molecule has 0 saturated heterocycles. The molecule has 302 valence electrons. The van der Waals surface area contributed by atoms with Crippen LogP contribution < -0.4 is 14.3 Å². The van der Waals surface area contributed by atoms with Crippen LogP contribution in [0.25, 0.3) is 72.4 Å². The molecular formula is C55H54N4OSi+2. The summed E-state index contributed by atoms with van der Waals surface area (Å²) in [6.45, 7) is 26.0. The van der Waals surface area contributed by atoms with Crippen LogP contribution in [0.4, 0.5) is 0 Å². The topological polar surface area (TPSA) is 38.7 Å². The van der Waals surface area contributed by atoms with Gasteiger partial charge in [-0.15, -0.1) is 9.13 Å². The Bertz CT molecular complexity index is 3310. The zero-order valence-corrected chi connectivity index (χ0v) is 38.3. The molecule has 6 heterocycles. The molecule has 0 fully saturated rings. The van der Waals surface area contributed by atoms with Gasteiger partial charge in [-0.3, -0.25) is 4.98 Å². The van der Waals surface area contributed by atoms with Crippen LogP contribution in [0.1, 0.15) is 68.3 Å². The molecule has 9 aromatic rings. The van der Waals surface area contributed by atoms with Crippen molar-refractivity contribution >= 4 is 46.2 Å². The zero-order chi connectivity index (χ0) is 42.5. The molecule has 1 unspecified atom stereocenters. The van der Waals surface area contributed by atoms with Crippen LogP contribution in [0.5, 0.6) is 0 Å². The van der Waals surface area contributed by atoms with Crippen LogP contribution in [0.3, 0.4) is 0 Å². The number of furan rings is 1. The van der Waals surface area contributed by atoms with Gasteiger partial charge in [-0.05, 0) is 84.7 Å². The SMILES string of the molecule is Cc1ccc(-c2cc3c(c4oc5ccccc5c24)-c2n(-c4cc(C)nc(C)c4)c4ccccc4[n+]2C32c3ccccc3-c3cc(C(C)(C)C(C)(C)C)c([Si](C)(C)C)c[n+]32)cc1. The van der Waals surface area contributed by atoms with Crippen molar-refractivity contribution in [2.24, 2.45) is 5.41 Å². The molecule has 0 saturated carbocycles. The molecular weight excluding hydrogens is 761 g/mol. The van der Waals surface area contributed by atoms with E-state index in [-0.39, 0.29) is 10.8 Å². The van der Waals surface area contributed by atoms with Gasteiger partial charge >= 0.3 is 11.5 Å². The van der Waals surface area contributed by atoms with Crippen LogP contribution in [0.2, 0.25) is 19.6 Å². The van der Waals surface area contributed by atoms with E-state index in [1.54, 1.807) is 0 Å². The van der Waals surface area contributed by atoms with E-state index in [2.05, 4.69) is 216 Å². The highest BCUT2D eigenvalue weighted by atomic mass is 28.3. The number of hydrogen-bond donors (Lipinski definition) is 0. The van der Waals surface area contributed by atoms with E-state index in [9.17, 15) is 0 Å². The number of rotatable bonds is 4. The Morgan fingerprint density at radius 3 is 2.10 bits per heavy atom. The Balaban J connectivity index is 1.42. The average molecular weight is 815 g/mol. The van der Waals surface area contributed by atoms with Crippen molar-refractivity contribution in [2.75, 3.05) is 0 Å². The van der Waals surface area contributed by atoms with Crippen LogP contribution in [-0.2, 0) is 11.1 Å². The molecule has 0 radical (unpaired) electrons. The van der Waals surface area contributed by atoms with Gasteiger partial charge in [0.1, 0.15) is 16.8 Å². The first-order valence-electron chi connectivity index (χ1n) is 21.8. The number of aromatic nitrogens is 4. The van der Waals surface area contributed by atoms with E-state index < -0.39 is 13.7 Å². The Labute approximate surface area is 360 Å². The average Bonchev–Trinajstić information content (AvgIpc) is 3.93. The molecule has 0 N–H and O–H groups in total. The fraction of sp³-hybridized carbons (Fsp3) is 0.255. The number of imidazole rings is 1. The maximum atomic E-state index is 7.29. The fourth-order valence-corrected chi connectivity index (χ4v) is 12.3. The number of nitrogens with zero attached hydrogens (tertiary/aromatic N) is 4. The lowest BCUT2D eigenvalue weighted by Gasteiger charge is -2.41. The number of pyridine rings is 2. The normalized spacial score (nSPS) is 15.9. The molecule has 11 rings (SSSR count). The van der Waals surface area contributed by atoms with Crippen molar-refractivity contribution in [3.8, 4) is 39.5 Å². The van der Waals surface area contributed by atoms with Crippen LogP contribution in [-0.4, -0.2) is 17.6 Å². The fourth-order valence-electron chi connectivity index (χ4n) is 10.6. The Morgan fingerprint density at radius 1 is 0.705 bits per heavy atom. The Hall–Kier alpha value is -6.11. The lowest BCUT2D eigenvalue weighted by atomic mass is 9.65. The first kappa shape index (κ1) is 37.9. The third-order valence-electron chi connectivity index (χ3n) is 14.4. The summed E-state index contributed by atoms with van der Waals surface area (Å²) in [7, 11) is -1.97. The van der Waals surface area contributed by atoms with Crippen molar-refractivity contribution in [1.29, 1.82) is 0 Å². The lowest BCUT2D eigenvalue weighted by molar-refractivity contribution is -0.944. The van der Waals surface area contributed by atoms with Gasteiger partial charge in [-0.1, -0.05) is 127 Å². The van der Waals surface area contributed by atoms with Crippen LogP contribution in [0, 0.1) is 26.2 Å². The molecule has 4 aromatic heterocycles. The standard InChI is InChI=1S/C55H54N4OSi/c1-33-24-26-36(27-25-33)40-30-43-50(51-49(40)39-19-13-17-23-47(39)60-51)52-58(37-28-34(2)56-35(3)29-37)44-21-15-16-22-45(44)59(52)55(43)41-20-14-12-18-38(41)46-31-42(54(7,8)53(4,5)6)48(32-57(46)55)61(9,10)11/h12-32H,1-11H3/q+2. The molecule has 6 heteroatoms. The smallest absolute Gasteiger partial charge is 0.364 e. The molecule has 2 aliphatic rings. The number of hydrogen-bond acceptors (Lipinski definition) is 2. The minimum atomic E-state index is -1.97. The number of para-hydroxylation sites is 3. The van der Waals surface area contributed by atoms with Gasteiger partial charge in [0.05, 0.1) is 24.8 Å². The van der Waals surface area contributed by atoms with Gasteiger partial charge in [-0.25, -0.2) is 0 Å². The number of aryl methyl sites for hydroxylation is 3. The number of benzene rings is 5. The first-order valence-corrected chi connectivity index (χ1v) is 25.3. The summed E-state index contributed by atoms with van der Waals surface area (Å²) in [6, 6.07) is 45.4. The molecule has 1 spiro atoms. The second-order valence-electron chi connectivity index (χ2n) is 20.3. The van der Waals surface area contributed by atoms with E-state index in [1.807, 2.05) is 0 Å². The molecule has 61 heavy (non-hydrogen) atoms. The van der Waals surface area contributed by atoms with Crippen LogP contribution >= 0.6 is 0 Å². The molecule has 0 bridgehead atoms. The molecule has 0 aliphatic carbocycles. The van der Waals surface area contributed by atoms with Crippen molar-refractivity contribution in [3.63, 3.8) is 0 Å². The van der Waals surface area contributed by atoms with Gasteiger partial charge in [0.25, 0.3) is 0 Å². The highest BCUT2D eigenvalue weighted by Gasteiger charge is 2.67. The monoisotopic (exact) mass is 814 g/mol. The van der Waals surface area contributed by atoms with Gasteiger partial charge in [-0.2, -0.15) is 4.57 Å². The summed E-state index contributed by atoms with van der Waals surface area (Å²) in [5.41, 5.74) is 17.5. The minimum absolute atomic E-state index is 0.0298. The number of fused-ring (bicyclic) bond motifs is 16. The summed E-state index contributed by atoms with van der Waals surface area (Å²) in [6.07, 6.45) is 2.59. The van der Waals surface area contributed by atoms with Crippen LogP contribution in [0.15, 0.2) is 132 Å².